The van der Waals surface area contributed by atoms with Crippen LogP contribution in [0.1, 0.15) is 0 Å². The maximum absolute atomic E-state index is 13.3. The Morgan fingerprint density at radius 3 is 2.71 bits per heavy atom. The molecule has 3 aromatic rings. The number of aromatic nitrogens is 2. The Balaban J connectivity index is 2.08. The lowest BCUT2D eigenvalue weighted by Crippen LogP contribution is -1.99. The summed E-state index contributed by atoms with van der Waals surface area (Å²) >= 11 is 3.14. The molecule has 21 heavy (non-hydrogen) atoms. The Labute approximate surface area is 129 Å². The van der Waals surface area contributed by atoms with Gasteiger partial charge in [0, 0.05) is 7.05 Å². The minimum atomic E-state index is -0.342. The molecule has 106 valence electrons. The molecule has 0 atom stereocenters. The van der Waals surface area contributed by atoms with E-state index in [2.05, 4.69) is 31.2 Å². The number of nitrogens with one attached hydrogen (secondary N) is 1. The van der Waals surface area contributed by atoms with Crippen molar-refractivity contribution in [3.63, 3.8) is 0 Å². The lowest BCUT2D eigenvalue weighted by atomic mass is 10.2. The van der Waals surface area contributed by atoms with Crippen LogP contribution in [0, 0.1) is 5.82 Å². The van der Waals surface area contributed by atoms with Gasteiger partial charge in [-0.05, 0) is 46.3 Å². The fraction of sp³-hybridized carbons (Fsp3) is 0.0667. The van der Waals surface area contributed by atoms with E-state index in [0.717, 1.165) is 10.9 Å². The van der Waals surface area contributed by atoms with Crippen LogP contribution in [0.2, 0.25) is 0 Å². The predicted octanol–water partition coefficient (Wildman–Crippen LogP) is 4.37. The molecule has 0 aliphatic carbocycles. The highest BCUT2D eigenvalue weighted by atomic mass is 79.9. The Hall–Kier alpha value is -2.21. The lowest BCUT2D eigenvalue weighted by Gasteiger charge is -2.10. The van der Waals surface area contributed by atoms with Crippen LogP contribution < -0.4 is 10.1 Å². The molecule has 1 heterocycles. The van der Waals surface area contributed by atoms with Crippen LogP contribution >= 0.6 is 15.9 Å². The third kappa shape index (κ3) is 2.80. The van der Waals surface area contributed by atoms with Gasteiger partial charge in [0.2, 0.25) is 11.8 Å². The molecule has 1 N–H and O–H groups in total. The van der Waals surface area contributed by atoms with Gasteiger partial charge in [0.05, 0.1) is 15.4 Å². The second kappa shape index (κ2) is 5.65. The van der Waals surface area contributed by atoms with Gasteiger partial charge in [-0.1, -0.05) is 12.1 Å². The van der Waals surface area contributed by atoms with Crippen molar-refractivity contribution in [3.05, 3.63) is 52.8 Å². The molecule has 3 rings (SSSR count). The Bertz CT molecular complexity index is 810. The fourth-order valence-electron chi connectivity index (χ4n) is 1.89. The zero-order valence-corrected chi connectivity index (χ0v) is 12.7. The molecular formula is C15H11BrFN3O. The molecule has 0 fully saturated rings. The van der Waals surface area contributed by atoms with Crippen LogP contribution in [-0.4, -0.2) is 17.0 Å². The third-order valence-corrected chi connectivity index (χ3v) is 3.51. The molecular weight excluding hydrogens is 337 g/mol. The van der Waals surface area contributed by atoms with Gasteiger partial charge in [-0.2, -0.15) is 4.98 Å². The highest BCUT2D eigenvalue weighted by Gasteiger charge is 2.10. The summed E-state index contributed by atoms with van der Waals surface area (Å²) in [5, 5.41) is 3.68. The first-order chi connectivity index (χ1) is 10.2. The summed E-state index contributed by atoms with van der Waals surface area (Å²) in [5.74, 6) is 1.04. The number of nitrogens with zero attached hydrogens (tertiary/aromatic N) is 2. The third-order valence-electron chi connectivity index (χ3n) is 2.90. The van der Waals surface area contributed by atoms with Crippen molar-refractivity contribution in [1.29, 1.82) is 0 Å². The average Bonchev–Trinajstić information content (AvgIpc) is 2.51. The summed E-state index contributed by atoms with van der Waals surface area (Å²) in [6.45, 7) is 0. The monoisotopic (exact) mass is 347 g/mol. The minimum Gasteiger partial charge on any atom is -0.438 e. The Morgan fingerprint density at radius 2 is 1.95 bits per heavy atom. The van der Waals surface area contributed by atoms with E-state index in [1.54, 1.807) is 19.2 Å². The summed E-state index contributed by atoms with van der Waals surface area (Å²) in [4.78, 5) is 8.67. The second-order valence-corrected chi connectivity index (χ2v) is 5.15. The molecule has 1 aromatic heterocycles. The fourth-order valence-corrected chi connectivity index (χ4v) is 2.25. The Kier molecular flexibility index (Phi) is 3.70. The van der Waals surface area contributed by atoms with Gasteiger partial charge in [0.25, 0.3) is 0 Å². The maximum Gasteiger partial charge on any atom is 0.231 e. The van der Waals surface area contributed by atoms with E-state index < -0.39 is 0 Å². The van der Waals surface area contributed by atoms with Crippen molar-refractivity contribution in [2.75, 3.05) is 12.4 Å². The first-order valence-electron chi connectivity index (χ1n) is 6.25. The van der Waals surface area contributed by atoms with E-state index in [9.17, 15) is 4.39 Å². The quantitative estimate of drug-likeness (QED) is 0.764. The van der Waals surface area contributed by atoms with Gasteiger partial charge >= 0.3 is 0 Å². The molecule has 0 spiro atoms. The summed E-state index contributed by atoms with van der Waals surface area (Å²) in [6, 6.07) is 12.0. The van der Waals surface area contributed by atoms with Crippen molar-refractivity contribution in [3.8, 4) is 11.6 Å². The van der Waals surface area contributed by atoms with Crippen LogP contribution in [0.25, 0.3) is 10.9 Å². The smallest absolute Gasteiger partial charge is 0.231 e. The molecule has 2 aromatic carbocycles. The molecule has 0 amide bonds. The van der Waals surface area contributed by atoms with Crippen LogP contribution in [0.15, 0.2) is 46.9 Å². The number of para-hydroxylation sites is 1. The number of halogens is 2. The van der Waals surface area contributed by atoms with Crippen LogP contribution in [0.5, 0.6) is 11.6 Å². The molecule has 0 bridgehead atoms. The largest absolute Gasteiger partial charge is 0.438 e. The number of anilines is 1. The highest BCUT2D eigenvalue weighted by molar-refractivity contribution is 9.10. The molecule has 0 aliphatic heterocycles. The Morgan fingerprint density at radius 1 is 1.14 bits per heavy atom. The van der Waals surface area contributed by atoms with Crippen LogP contribution in [0.4, 0.5) is 10.3 Å². The van der Waals surface area contributed by atoms with Gasteiger partial charge in [-0.15, -0.1) is 0 Å². The summed E-state index contributed by atoms with van der Waals surface area (Å²) in [7, 11) is 1.74. The van der Waals surface area contributed by atoms with E-state index in [1.807, 2.05) is 24.3 Å². The number of benzene rings is 2. The van der Waals surface area contributed by atoms with Crippen molar-refractivity contribution in [2.24, 2.45) is 0 Å². The van der Waals surface area contributed by atoms with E-state index in [1.165, 1.54) is 6.07 Å². The van der Waals surface area contributed by atoms with Crippen LogP contribution in [0.3, 0.4) is 0 Å². The average molecular weight is 348 g/mol. The zero-order chi connectivity index (χ0) is 14.8. The number of hydrogen-bond donors (Lipinski definition) is 1. The van der Waals surface area contributed by atoms with Gasteiger partial charge in [-0.3, -0.25) is 0 Å². The zero-order valence-electron chi connectivity index (χ0n) is 11.1. The number of rotatable bonds is 3. The lowest BCUT2D eigenvalue weighted by molar-refractivity contribution is 0.466. The molecule has 0 saturated heterocycles. The molecule has 6 heteroatoms. The standard InChI is InChI=1S/C15H11BrFN3O/c1-18-15-19-13-5-3-2-4-10(13)14(20-15)21-9-6-7-12(17)11(16)8-9/h2-8H,1H3,(H,18,19,20). The molecule has 0 aliphatic rings. The SMILES string of the molecule is CNc1nc(Oc2ccc(F)c(Br)c2)c2ccccc2n1. The van der Waals surface area contributed by atoms with Crippen molar-refractivity contribution in [1.82, 2.24) is 9.97 Å². The van der Waals surface area contributed by atoms with Gasteiger partial charge < -0.3 is 10.1 Å². The van der Waals surface area contributed by atoms with E-state index in [0.29, 0.717) is 22.1 Å². The van der Waals surface area contributed by atoms with Crippen molar-refractivity contribution in [2.45, 2.75) is 0 Å². The van der Waals surface area contributed by atoms with Crippen molar-refractivity contribution < 1.29 is 9.13 Å². The summed E-state index contributed by atoms with van der Waals surface area (Å²) in [5.41, 5.74) is 0.771. The van der Waals surface area contributed by atoms with Gasteiger partial charge in [0.1, 0.15) is 11.6 Å². The van der Waals surface area contributed by atoms with Gasteiger partial charge in [0.15, 0.2) is 0 Å². The number of hydrogen-bond acceptors (Lipinski definition) is 4. The first-order valence-corrected chi connectivity index (χ1v) is 7.04. The molecule has 0 saturated carbocycles. The molecule has 0 unspecified atom stereocenters. The minimum absolute atomic E-state index is 0.340. The predicted molar refractivity (Wildman–Crippen MR) is 83.3 cm³/mol. The normalized spacial score (nSPS) is 10.6. The van der Waals surface area contributed by atoms with Gasteiger partial charge in [-0.25, -0.2) is 9.37 Å². The molecule has 4 nitrogen and oxygen atoms in total. The number of ether oxygens (including phenoxy) is 1. The summed E-state index contributed by atoms with van der Waals surface area (Å²) in [6.07, 6.45) is 0. The van der Waals surface area contributed by atoms with E-state index in [-0.39, 0.29) is 5.82 Å². The van der Waals surface area contributed by atoms with Crippen LogP contribution in [-0.2, 0) is 0 Å². The van der Waals surface area contributed by atoms with Crippen molar-refractivity contribution >= 4 is 32.8 Å². The summed E-state index contributed by atoms with van der Waals surface area (Å²) < 4.78 is 19.4. The second-order valence-electron chi connectivity index (χ2n) is 4.30. The number of fused-ring (bicyclic) bond motifs is 1. The molecule has 0 radical (unpaired) electrons. The topological polar surface area (TPSA) is 47.0 Å². The first kappa shape index (κ1) is 13.8. The maximum atomic E-state index is 13.3. The highest BCUT2D eigenvalue weighted by Crippen LogP contribution is 2.30. The van der Waals surface area contributed by atoms with E-state index >= 15 is 0 Å². The van der Waals surface area contributed by atoms with E-state index in [4.69, 9.17) is 4.74 Å².